The molecular formula is C17H13BrN4O2S. The molecule has 0 spiro atoms. The van der Waals surface area contributed by atoms with Crippen molar-refractivity contribution in [2.45, 2.75) is 10.5 Å². The lowest BCUT2D eigenvalue weighted by molar-refractivity contribution is 0.171. The van der Waals surface area contributed by atoms with E-state index in [4.69, 9.17) is 9.47 Å². The Hall–Kier alpha value is -2.19. The van der Waals surface area contributed by atoms with Crippen molar-refractivity contribution in [1.82, 2.24) is 14.9 Å². The van der Waals surface area contributed by atoms with E-state index >= 15 is 0 Å². The van der Waals surface area contributed by atoms with Gasteiger partial charge in [-0.2, -0.15) is 0 Å². The van der Waals surface area contributed by atoms with Crippen LogP contribution in [0.4, 0.5) is 0 Å². The van der Waals surface area contributed by atoms with Gasteiger partial charge >= 0.3 is 0 Å². The number of benzene rings is 2. The molecule has 5 rings (SSSR count). The van der Waals surface area contributed by atoms with E-state index in [0.29, 0.717) is 13.2 Å². The highest BCUT2D eigenvalue weighted by atomic mass is 79.9. The van der Waals surface area contributed by atoms with Crippen molar-refractivity contribution in [3.8, 4) is 22.9 Å². The average molecular weight is 417 g/mol. The highest BCUT2D eigenvalue weighted by Crippen LogP contribution is 2.41. The Kier molecular flexibility index (Phi) is 3.60. The maximum atomic E-state index is 5.67. The van der Waals surface area contributed by atoms with E-state index in [1.54, 1.807) is 11.8 Å². The van der Waals surface area contributed by atoms with E-state index < -0.39 is 0 Å². The second-order valence-corrected chi connectivity index (χ2v) is 7.67. The van der Waals surface area contributed by atoms with Crippen molar-refractivity contribution < 1.29 is 9.47 Å². The Morgan fingerprint density at radius 1 is 1.04 bits per heavy atom. The number of nitrogens with one attached hydrogen (secondary N) is 1. The molecule has 0 aliphatic carbocycles. The number of thioether (sulfide) groups is 1. The number of hydrogen-bond donors (Lipinski definition) is 1. The van der Waals surface area contributed by atoms with Gasteiger partial charge in [0.05, 0.1) is 0 Å². The minimum atomic E-state index is 0.106. The van der Waals surface area contributed by atoms with Crippen LogP contribution in [0.5, 0.6) is 11.5 Å². The Morgan fingerprint density at radius 2 is 1.84 bits per heavy atom. The summed E-state index contributed by atoms with van der Waals surface area (Å²) >= 11 is 5.12. The average Bonchev–Trinajstić information content (AvgIpc) is 3.22. The molecule has 1 aromatic heterocycles. The molecule has 3 heterocycles. The van der Waals surface area contributed by atoms with Gasteiger partial charge in [-0.3, -0.25) is 0 Å². The summed E-state index contributed by atoms with van der Waals surface area (Å²) in [5, 5.41) is 9.59. The van der Waals surface area contributed by atoms with Gasteiger partial charge in [0, 0.05) is 10.0 Å². The van der Waals surface area contributed by atoms with Gasteiger partial charge < -0.3 is 14.9 Å². The third-order valence-corrected chi connectivity index (χ3v) is 5.69. The molecule has 25 heavy (non-hydrogen) atoms. The summed E-state index contributed by atoms with van der Waals surface area (Å²) in [7, 11) is 0. The van der Waals surface area contributed by atoms with Crippen molar-refractivity contribution >= 4 is 27.7 Å². The second kappa shape index (κ2) is 5.96. The van der Waals surface area contributed by atoms with E-state index in [0.717, 1.165) is 32.5 Å². The maximum Gasteiger partial charge on any atom is 0.212 e. The first kappa shape index (κ1) is 15.1. The molecule has 0 fully saturated rings. The predicted octanol–water partition coefficient (Wildman–Crippen LogP) is 3.83. The van der Waals surface area contributed by atoms with Gasteiger partial charge in [-0.15, -0.1) is 10.2 Å². The van der Waals surface area contributed by atoms with Gasteiger partial charge in [0.1, 0.15) is 18.6 Å². The van der Waals surface area contributed by atoms with Crippen LogP contribution < -0.4 is 14.9 Å². The smallest absolute Gasteiger partial charge is 0.212 e. The third kappa shape index (κ3) is 2.65. The second-order valence-electron chi connectivity index (χ2n) is 5.68. The number of aromatic nitrogens is 3. The summed E-state index contributed by atoms with van der Waals surface area (Å²) in [5.41, 5.74) is 5.59. The summed E-state index contributed by atoms with van der Waals surface area (Å²) in [6, 6.07) is 14.1. The lowest BCUT2D eigenvalue weighted by atomic mass is 10.2. The van der Waals surface area contributed by atoms with Crippen LogP contribution in [-0.2, 0) is 0 Å². The molecule has 1 N–H and O–H groups in total. The van der Waals surface area contributed by atoms with Crippen LogP contribution in [0, 0.1) is 0 Å². The zero-order valence-electron chi connectivity index (χ0n) is 13.0. The third-order valence-electron chi connectivity index (χ3n) is 4.08. The molecule has 0 amide bonds. The van der Waals surface area contributed by atoms with Crippen LogP contribution in [0.2, 0.25) is 0 Å². The van der Waals surface area contributed by atoms with E-state index in [2.05, 4.69) is 43.7 Å². The minimum Gasteiger partial charge on any atom is -0.486 e. The summed E-state index contributed by atoms with van der Waals surface area (Å²) < 4.78 is 14.3. The van der Waals surface area contributed by atoms with Crippen molar-refractivity contribution in [3.05, 3.63) is 52.5 Å². The molecule has 1 unspecified atom stereocenters. The van der Waals surface area contributed by atoms with Gasteiger partial charge in [0.15, 0.2) is 17.3 Å². The van der Waals surface area contributed by atoms with Gasteiger partial charge in [-0.1, -0.05) is 39.8 Å². The first-order chi connectivity index (χ1) is 12.3. The van der Waals surface area contributed by atoms with Crippen LogP contribution in [0.25, 0.3) is 11.4 Å². The molecular weight excluding hydrogens is 404 g/mol. The number of halogens is 1. The van der Waals surface area contributed by atoms with Crippen molar-refractivity contribution in [3.63, 3.8) is 0 Å². The molecule has 0 bridgehead atoms. The first-order valence-electron chi connectivity index (χ1n) is 7.82. The minimum absolute atomic E-state index is 0.106. The van der Waals surface area contributed by atoms with Crippen LogP contribution in [-0.4, -0.2) is 28.1 Å². The number of fused-ring (bicyclic) bond motifs is 2. The monoisotopic (exact) mass is 416 g/mol. The molecule has 1 atom stereocenters. The molecule has 0 saturated carbocycles. The van der Waals surface area contributed by atoms with Crippen LogP contribution in [0.3, 0.4) is 0 Å². The Labute approximate surface area is 156 Å². The Balaban J connectivity index is 1.46. The normalized spacial score (nSPS) is 17.9. The number of rotatable bonds is 2. The Morgan fingerprint density at radius 3 is 2.68 bits per heavy atom. The van der Waals surface area contributed by atoms with Crippen LogP contribution in [0.1, 0.15) is 10.9 Å². The first-order valence-corrected chi connectivity index (χ1v) is 9.49. The lowest BCUT2D eigenvalue weighted by Crippen LogP contribution is -2.16. The van der Waals surface area contributed by atoms with E-state index in [-0.39, 0.29) is 5.37 Å². The van der Waals surface area contributed by atoms with Gasteiger partial charge in [0.2, 0.25) is 5.16 Å². The zero-order valence-corrected chi connectivity index (χ0v) is 15.4. The van der Waals surface area contributed by atoms with Gasteiger partial charge in [-0.05, 0) is 35.9 Å². The molecule has 6 nitrogen and oxygen atoms in total. The van der Waals surface area contributed by atoms with Crippen LogP contribution >= 0.6 is 27.7 Å². The quantitative estimate of drug-likeness (QED) is 0.684. The fourth-order valence-corrected chi connectivity index (χ4v) is 4.12. The number of ether oxygens (including phenoxy) is 2. The molecule has 0 radical (unpaired) electrons. The van der Waals surface area contributed by atoms with E-state index in [9.17, 15) is 0 Å². The van der Waals surface area contributed by atoms with Gasteiger partial charge in [0.25, 0.3) is 0 Å². The summed E-state index contributed by atoms with van der Waals surface area (Å²) in [6.07, 6.45) is 0. The SMILES string of the molecule is Brc1ccc(C2Nn3c(nnc3-c3ccc4c(c3)OCCO4)S2)cc1. The number of nitrogens with zero attached hydrogens (tertiary/aromatic N) is 3. The molecule has 2 aliphatic heterocycles. The largest absolute Gasteiger partial charge is 0.486 e. The molecule has 0 saturated heterocycles. The van der Waals surface area contributed by atoms with Crippen molar-refractivity contribution in [2.24, 2.45) is 0 Å². The summed E-state index contributed by atoms with van der Waals surface area (Å²) in [5.74, 6) is 2.28. The summed E-state index contributed by atoms with van der Waals surface area (Å²) in [4.78, 5) is 0. The summed E-state index contributed by atoms with van der Waals surface area (Å²) in [6.45, 7) is 1.15. The Bertz CT molecular complexity index is 944. The maximum absolute atomic E-state index is 5.67. The van der Waals surface area contributed by atoms with Crippen LogP contribution in [0.15, 0.2) is 52.1 Å². The number of hydrogen-bond acceptors (Lipinski definition) is 6. The molecule has 2 aromatic carbocycles. The van der Waals surface area contributed by atoms with Crippen molar-refractivity contribution in [2.75, 3.05) is 18.6 Å². The highest BCUT2D eigenvalue weighted by Gasteiger charge is 2.28. The highest BCUT2D eigenvalue weighted by molar-refractivity contribution is 9.10. The topological polar surface area (TPSA) is 61.2 Å². The zero-order chi connectivity index (χ0) is 16.8. The fourth-order valence-electron chi connectivity index (χ4n) is 2.86. The van der Waals surface area contributed by atoms with Crippen molar-refractivity contribution in [1.29, 1.82) is 0 Å². The van der Waals surface area contributed by atoms with E-state index in [1.165, 1.54) is 5.56 Å². The molecule has 8 heteroatoms. The predicted molar refractivity (Wildman–Crippen MR) is 98.5 cm³/mol. The fraction of sp³-hybridized carbons (Fsp3) is 0.176. The standard InChI is InChI=1S/C17H13BrN4O2S/c18-12-4-1-10(2-5-12)16-21-22-15(19-20-17(22)25-16)11-3-6-13-14(9-11)24-8-7-23-13/h1-6,9,16,21H,7-8H2. The van der Waals surface area contributed by atoms with E-state index in [1.807, 2.05) is 35.0 Å². The van der Waals surface area contributed by atoms with Gasteiger partial charge in [-0.25, -0.2) is 4.68 Å². The molecule has 3 aromatic rings. The lowest BCUT2D eigenvalue weighted by Gasteiger charge is -2.19. The molecule has 2 aliphatic rings. The molecule has 126 valence electrons.